The molecule has 5 nitrogen and oxygen atoms in total. The standard InChI is InChI=1S/C12H15NO4S2.Na/c1-3-13-8-11(9(2)18-17-19(14,15)16)10-6-4-5-7-12(10)13;/h4-9H,3H2,1-2H3,(H,14,15,16);/q;+1/p-1. The molecule has 104 valence electrons. The van der Waals surface area contributed by atoms with E-state index in [9.17, 15) is 13.0 Å². The number of fused-ring (bicyclic) bond motifs is 1. The molecule has 0 aliphatic carbocycles. The van der Waals surface area contributed by atoms with Crippen LogP contribution in [0.4, 0.5) is 0 Å². The van der Waals surface area contributed by atoms with E-state index >= 15 is 0 Å². The summed E-state index contributed by atoms with van der Waals surface area (Å²) >= 11 is 0.661. The molecule has 2 aromatic rings. The molecule has 1 aromatic heterocycles. The maximum Gasteiger partial charge on any atom is 1.00 e. The molecule has 0 radical (unpaired) electrons. The van der Waals surface area contributed by atoms with Gasteiger partial charge >= 0.3 is 29.6 Å². The van der Waals surface area contributed by atoms with Crippen LogP contribution >= 0.6 is 12.0 Å². The summed E-state index contributed by atoms with van der Waals surface area (Å²) in [4.78, 5) is 0. The van der Waals surface area contributed by atoms with Crippen LogP contribution in [0.15, 0.2) is 30.5 Å². The molecule has 0 bridgehead atoms. The fourth-order valence-electron chi connectivity index (χ4n) is 2.02. The largest absolute Gasteiger partial charge is 1.00 e. The van der Waals surface area contributed by atoms with Crippen molar-refractivity contribution in [3.05, 3.63) is 36.0 Å². The summed E-state index contributed by atoms with van der Waals surface area (Å²) in [6.45, 7) is 4.66. The Hall–Kier alpha value is -0.0200. The number of aromatic nitrogens is 1. The molecule has 0 saturated heterocycles. The van der Waals surface area contributed by atoms with Gasteiger partial charge in [-0.2, -0.15) is 0 Å². The molecule has 20 heavy (non-hydrogen) atoms. The second-order valence-corrected chi connectivity index (χ2v) is 6.36. The molecule has 0 N–H and O–H groups in total. The van der Waals surface area contributed by atoms with E-state index < -0.39 is 10.4 Å². The summed E-state index contributed by atoms with van der Waals surface area (Å²) in [5.74, 6) is 0. The van der Waals surface area contributed by atoms with Crippen LogP contribution in [0.1, 0.15) is 24.7 Å². The molecular weight excluding hydrogens is 309 g/mol. The van der Waals surface area contributed by atoms with Crippen LogP contribution in [0.5, 0.6) is 0 Å². The summed E-state index contributed by atoms with van der Waals surface area (Å²) in [7, 11) is -4.67. The van der Waals surface area contributed by atoms with Crippen molar-refractivity contribution in [1.82, 2.24) is 4.57 Å². The SMILES string of the molecule is CCn1cc(C(C)SOS(=O)(=O)[O-])c2ccccc21.[Na+]. The summed E-state index contributed by atoms with van der Waals surface area (Å²) in [6.07, 6.45) is 1.96. The summed E-state index contributed by atoms with van der Waals surface area (Å²) in [5, 5.41) is 0.790. The van der Waals surface area contributed by atoms with Gasteiger partial charge in [0.1, 0.15) is 0 Å². The number of hydrogen-bond donors (Lipinski definition) is 0. The Morgan fingerprint density at radius 1 is 1.40 bits per heavy atom. The molecule has 1 atom stereocenters. The quantitative estimate of drug-likeness (QED) is 0.331. The van der Waals surface area contributed by atoms with Gasteiger partial charge in [0, 0.05) is 35.7 Å². The van der Waals surface area contributed by atoms with Crippen LogP contribution in [0, 0.1) is 0 Å². The van der Waals surface area contributed by atoms with Crippen LogP contribution in [0.2, 0.25) is 0 Å². The average Bonchev–Trinajstić information content (AvgIpc) is 2.74. The van der Waals surface area contributed by atoms with Gasteiger partial charge < -0.3 is 9.12 Å². The third kappa shape index (κ3) is 4.24. The first-order valence-corrected chi connectivity index (χ1v) is 7.94. The second kappa shape index (κ2) is 7.31. The number of aryl methyl sites for hydroxylation is 1. The summed E-state index contributed by atoms with van der Waals surface area (Å²) < 4.78 is 37.8. The first-order valence-electron chi connectivity index (χ1n) is 5.81. The van der Waals surface area contributed by atoms with Gasteiger partial charge in [0.15, 0.2) is 0 Å². The molecule has 1 unspecified atom stereocenters. The normalized spacial score (nSPS) is 13.2. The van der Waals surface area contributed by atoms with Gasteiger partial charge in [-0.15, -0.1) is 0 Å². The molecule has 1 heterocycles. The van der Waals surface area contributed by atoms with Crippen molar-refractivity contribution in [2.24, 2.45) is 0 Å². The third-order valence-corrected chi connectivity index (χ3v) is 4.39. The first-order chi connectivity index (χ1) is 8.92. The fraction of sp³-hybridized carbons (Fsp3) is 0.333. The van der Waals surface area contributed by atoms with Crippen molar-refractivity contribution < 1.29 is 46.2 Å². The monoisotopic (exact) mass is 323 g/mol. The van der Waals surface area contributed by atoms with E-state index in [0.717, 1.165) is 23.0 Å². The Morgan fingerprint density at radius 2 is 2.05 bits per heavy atom. The van der Waals surface area contributed by atoms with Gasteiger partial charge in [-0.05, 0) is 25.5 Å². The first kappa shape index (κ1) is 18.0. The van der Waals surface area contributed by atoms with Gasteiger partial charge in [-0.3, -0.25) is 0 Å². The number of para-hydroxylation sites is 1. The van der Waals surface area contributed by atoms with E-state index in [-0.39, 0.29) is 34.8 Å². The molecule has 0 spiro atoms. The molecule has 0 aliphatic rings. The van der Waals surface area contributed by atoms with E-state index in [0.29, 0.717) is 12.0 Å². The maximum absolute atomic E-state index is 10.5. The Morgan fingerprint density at radius 3 is 2.65 bits per heavy atom. The topological polar surface area (TPSA) is 71.4 Å². The van der Waals surface area contributed by atoms with Crippen molar-refractivity contribution in [2.45, 2.75) is 25.6 Å². The molecular formula is C12H14NNaO4S2. The van der Waals surface area contributed by atoms with Crippen molar-refractivity contribution in [2.75, 3.05) is 0 Å². The zero-order valence-corrected chi connectivity index (χ0v) is 15.2. The minimum Gasteiger partial charge on any atom is -0.725 e. The van der Waals surface area contributed by atoms with Crippen molar-refractivity contribution in [3.8, 4) is 0 Å². The van der Waals surface area contributed by atoms with Crippen LogP contribution in [-0.4, -0.2) is 17.5 Å². The Bertz CT molecular complexity index is 684. The van der Waals surface area contributed by atoms with Gasteiger partial charge in [0.25, 0.3) is 0 Å². The molecule has 1 aromatic carbocycles. The van der Waals surface area contributed by atoms with E-state index in [4.69, 9.17) is 0 Å². The Balaban J connectivity index is 0.00000200. The van der Waals surface area contributed by atoms with Crippen LogP contribution in [-0.2, 0) is 20.6 Å². The van der Waals surface area contributed by atoms with E-state index in [1.54, 1.807) is 6.92 Å². The van der Waals surface area contributed by atoms with E-state index in [1.165, 1.54) is 0 Å². The van der Waals surface area contributed by atoms with Crippen LogP contribution < -0.4 is 29.6 Å². The maximum atomic E-state index is 10.5. The fourth-order valence-corrected chi connectivity index (χ4v) is 3.17. The number of benzene rings is 1. The predicted molar refractivity (Wildman–Crippen MR) is 74.4 cm³/mol. The van der Waals surface area contributed by atoms with Gasteiger partial charge in [0.05, 0.1) is 5.25 Å². The molecule has 0 aliphatic heterocycles. The average molecular weight is 323 g/mol. The number of hydrogen-bond acceptors (Lipinski definition) is 5. The molecule has 0 fully saturated rings. The van der Waals surface area contributed by atoms with E-state index in [1.807, 2.05) is 37.4 Å². The summed E-state index contributed by atoms with van der Waals surface area (Å²) in [5.41, 5.74) is 2.03. The molecule has 2 rings (SSSR count). The zero-order valence-electron chi connectivity index (χ0n) is 11.6. The van der Waals surface area contributed by atoms with Crippen molar-refractivity contribution in [3.63, 3.8) is 0 Å². The summed E-state index contributed by atoms with van der Waals surface area (Å²) in [6, 6.07) is 7.85. The third-order valence-electron chi connectivity index (χ3n) is 2.87. The minimum atomic E-state index is -4.67. The Labute approximate surface area is 145 Å². The molecule has 8 heteroatoms. The van der Waals surface area contributed by atoms with Gasteiger partial charge in [-0.25, -0.2) is 12.0 Å². The Kier molecular flexibility index (Phi) is 6.59. The predicted octanol–water partition coefficient (Wildman–Crippen LogP) is -0.149. The molecule has 0 saturated carbocycles. The van der Waals surface area contributed by atoms with Crippen molar-refractivity contribution >= 4 is 33.3 Å². The second-order valence-electron chi connectivity index (χ2n) is 4.10. The minimum absolute atomic E-state index is 0. The van der Waals surface area contributed by atoms with Gasteiger partial charge in [0.2, 0.25) is 10.4 Å². The van der Waals surface area contributed by atoms with Crippen molar-refractivity contribution in [1.29, 1.82) is 0 Å². The zero-order chi connectivity index (χ0) is 14.0. The van der Waals surface area contributed by atoms with Crippen LogP contribution in [0.25, 0.3) is 10.9 Å². The van der Waals surface area contributed by atoms with E-state index in [2.05, 4.69) is 8.20 Å². The smallest absolute Gasteiger partial charge is 0.725 e. The number of rotatable bonds is 5. The van der Waals surface area contributed by atoms with Gasteiger partial charge in [-0.1, -0.05) is 18.2 Å². The number of nitrogens with zero attached hydrogens (tertiary/aromatic N) is 1. The van der Waals surface area contributed by atoms with Crippen LogP contribution in [0.3, 0.4) is 0 Å². The molecule has 0 amide bonds.